The molecule has 1 atom stereocenters. The summed E-state index contributed by atoms with van der Waals surface area (Å²) in [6.07, 6.45) is 10.2. The number of para-hydroxylation sites is 1. The monoisotopic (exact) mass is 397 g/mol. The molecule has 0 spiro atoms. The largest absolute Gasteiger partial charge is 0.336 e. The van der Waals surface area contributed by atoms with Crippen LogP contribution in [0.5, 0.6) is 0 Å². The van der Waals surface area contributed by atoms with Crippen molar-refractivity contribution in [3.63, 3.8) is 0 Å². The SMILES string of the molecule is CCC1CCC(N(C(=O)[C@H]2CCCN(C(=O)Nc3ccccc3)C2)C2CC2)CC1. The van der Waals surface area contributed by atoms with Gasteiger partial charge in [-0.05, 0) is 69.4 Å². The molecule has 1 N–H and O–H groups in total. The van der Waals surface area contributed by atoms with Gasteiger partial charge in [0.1, 0.15) is 0 Å². The van der Waals surface area contributed by atoms with Crippen molar-refractivity contribution in [1.29, 1.82) is 0 Å². The Kier molecular flexibility index (Phi) is 6.41. The number of nitrogens with one attached hydrogen (secondary N) is 1. The van der Waals surface area contributed by atoms with E-state index in [1.54, 1.807) is 0 Å². The van der Waals surface area contributed by atoms with Gasteiger partial charge in [-0.25, -0.2) is 4.79 Å². The van der Waals surface area contributed by atoms with Crippen LogP contribution in [0.1, 0.15) is 64.7 Å². The Hall–Kier alpha value is -2.04. The first-order valence-electron chi connectivity index (χ1n) is 11.6. The second-order valence-corrected chi connectivity index (χ2v) is 9.14. The molecule has 0 aromatic heterocycles. The number of carbonyl (C=O) groups is 2. The van der Waals surface area contributed by atoms with Crippen molar-refractivity contribution in [2.75, 3.05) is 18.4 Å². The molecule has 158 valence electrons. The number of anilines is 1. The summed E-state index contributed by atoms with van der Waals surface area (Å²) in [5.74, 6) is 1.11. The van der Waals surface area contributed by atoms with Gasteiger partial charge in [-0.1, -0.05) is 31.5 Å². The lowest BCUT2D eigenvalue weighted by molar-refractivity contribution is -0.141. The molecule has 0 unspecified atom stereocenters. The van der Waals surface area contributed by atoms with Crippen LogP contribution < -0.4 is 5.32 Å². The van der Waals surface area contributed by atoms with E-state index in [4.69, 9.17) is 0 Å². The number of amides is 3. The Balaban J connectivity index is 1.37. The summed E-state index contributed by atoms with van der Waals surface area (Å²) >= 11 is 0. The molecule has 3 fully saturated rings. The zero-order valence-corrected chi connectivity index (χ0v) is 17.7. The molecule has 4 rings (SSSR count). The lowest BCUT2D eigenvalue weighted by Crippen LogP contribution is -2.51. The first-order chi connectivity index (χ1) is 14.2. The van der Waals surface area contributed by atoms with Gasteiger partial charge in [-0.15, -0.1) is 0 Å². The fourth-order valence-corrected chi connectivity index (χ4v) is 5.14. The van der Waals surface area contributed by atoms with Crippen molar-refractivity contribution in [1.82, 2.24) is 9.80 Å². The number of piperidine rings is 1. The zero-order chi connectivity index (χ0) is 20.2. The van der Waals surface area contributed by atoms with Gasteiger partial charge >= 0.3 is 6.03 Å². The topological polar surface area (TPSA) is 52.7 Å². The standard InChI is InChI=1S/C24H35N3O2/c1-2-18-10-12-21(13-11-18)27(22-14-15-22)23(28)19-7-6-16-26(17-19)24(29)25-20-8-4-3-5-9-20/h3-5,8-9,18-19,21-22H,2,6-7,10-17H2,1H3,(H,25,29)/t18?,19-,21?/m0/s1. The maximum atomic E-state index is 13.5. The average molecular weight is 398 g/mol. The van der Waals surface area contributed by atoms with Crippen LogP contribution in [-0.4, -0.2) is 46.9 Å². The normalized spacial score (nSPS) is 27.3. The Morgan fingerprint density at radius 3 is 2.28 bits per heavy atom. The summed E-state index contributed by atoms with van der Waals surface area (Å²) in [6.45, 7) is 3.56. The van der Waals surface area contributed by atoms with Crippen molar-refractivity contribution >= 4 is 17.6 Å². The molecule has 2 saturated carbocycles. The number of hydrogen-bond donors (Lipinski definition) is 1. The molecule has 5 nitrogen and oxygen atoms in total. The summed E-state index contributed by atoms with van der Waals surface area (Å²) in [6, 6.07) is 10.3. The Bertz CT molecular complexity index is 695. The van der Waals surface area contributed by atoms with Crippen molar-refractivity contribution in [3.8, 4) is 0 Å². The quantitative estimate of drug-likeness (QED) is 0.769. The van der Waals surface area contributed by atoms with Gasteiger partial charge in [-0.3, -0.25) is 4.79 Å². The highest BCUT2D eigenvalue weighted by atomic mass is 16.2. The number of benzene rings is 1. The van der Waals surface area contributed by atoms with Gasteiger partial charge in [0.15, 0.2) is 0 Å². The van der Waals surface area contributed by atoms with Crippen molar-refractivity contribution in [3.05, 3.63) is 30.3 Å². The third-order valence-corrected chi connectivity index (χ3v) is 7.06. The fraction of sp³-hybridized carbons (Fsp3) is 0.667. The van der Waals surface area contributed by atoms with Gasteiger partial charge in [-0.2, -0.15) is 0 Å². The van der Waals surface area contributed by atoms with E-state index in [-0.39, 0.29) is 11.9 Å². The van der Waals surface area contributed by atoms with E-state index in [0.717, 1.165) is 56.7 Å². The molecule has 5 heteroatoms. The Morgan fingerprint density at radius 1 is 1.00 bits per heavy atom. The van der Waals surface area contributed by atoms with Gasteiger partial charge in [0, 0.05) is 30.9 Å². The number of carbonyl (C=O) groups excluding carboxylic acids is 2. The van der Waals surface area contributed by atoms with Crippen molar-refractivity contribution in [2.24, 2.45) is 11.8 Å². The lowest BCUT2D eigenvalue weighted by Gasteiger charge is -2.41. The Labute approximate surface area is 174 Å². The van der Waals surface area contributed by atoms with E-state index in [2.05, 4.69) is 17.1 Å². The highest BCUT2D eigenvalue weighted by Crippen LogP contribution is 2.38. The molecule has 2 aliphatic carbocycles. The van der Waals surface area contributed by atoms with Crippen LogP contribution in [0.3, 0.4) is 0 Å². The van der Waals surface area contributed by atoms with E-state index in [1.165, 1.54) is 19.3 Å². The molecule has 0 bridgehead atoms. The highest BCUT2D eigenvalue weighted by Gasteiger charge is 2.42. The smallest absolute Gasteiger partial charge is 0.321 e. The molecule has 3 aliphatic rings. The highest BCUT2D eigenvalue weighted by molar-refractivity contribution is 5.90. The molecular weight excluding hydrogens is 362 g/mol. The first-order valence-corrected chi connectivity index (χ1v) is 11.6. The fourth-order valence-electron chi connectivity index (χ4n) is 5.14. The number of rotatable bonds is 5. The second-order valence-electron chi connectivity index (χ2n) is 9.14. The van der Waals surface area contributed by atoms with Crippen LogP contribution in [0.4, 0.5) is 10.5 Å². The van der Waals surface area contributed by atoms with Crippen LogP contribution in [-0.2, 0) is 4.79 Å². The van der Waals surface area contributed by atoms with E-state index in [0.29, 0.717) is 24.5 Å². The van der Waals surface area contributed by atoms with E-state index in [9.17, 15) is 9.59 Å². The average Bonchev–Trinajstić information content (AvgIpc) is 3.60. The second kappa shape index (κ2) is 9.19. The molecular formula is C24H35N3O2. The molecule has 1 aromatic rings. The zero-order valence-electron chi connectivity index (χ0n) is 17.7. The van der Waals surface area contributed by atoms with Gasteiger partial charge in [0.25, 0.3) is 0 Å². The first kappa shape index (κ1) is 20.2. The molecule has 0 radical (unpaired) electrons. The third-order valence-electron chi connectivity index (χ3n) is 7.06. The predicted molar refractivity (Wildman–Crippen MR) is 116 cm³/mol. The third kappa shape index (κ3) is 4.93. The molecule has 1 saturated heterocycles. The van der Waals surface area contributed by atoms with Crippen LogP contribution in [0.15, 0.2) is 30.3 Å². The summed E-state index contributed by atoms with van der Waals surface area (Å²) in [5.41, 5.74) is 0.804. The number of nitrogens with zero attached hydrogens (tertiary/aromatic N) is 2. The minimum atomic E-state index is -0.0878. The van der Waals surface area contributed by atoms with Gasteiger partial charge in [0.2, 0.25) is 5.91 Å². The van der Waals surface area contributed by atoms with Gasteiger partial charge < -0.3 is 15.1 Å². The molecule has 29 heavy (non-hydrogen) atoms. The molecule has 3 amide bonds. The van der Waals surface area contributed by atoms with Crippen LogP contribution in [0, 0.1) is 11.8 Å². The predicted octanol–water partition coefficient (Wildman–Crippen LogP) is 4.89. The van der Waals surface area contributed by atoms with Gasteiger partial charge in [0.05, 0.1) is 5.92 Å². The van der Waals surface area contributed by atoms with Crippen LogP contribution in [0.2, 0.25) is 0 Å². The molecule has 1 heterocycles. The minimum Gasteiger partial charge on any atom is -0.336 e. The van der Waals surface area contributed by atoms with E-state index in [1.807, 2.05) is 35.2 Å². The number of urea groups is 1. The van der Waals surface area contributed by atoms with E-state index < -0.39 is 0 Å². The maximum Gasteiger partial charge on any atom is 0.321 e. The summed E-state index contributed by atoms with van der Waals surface area (Å²) < 4.78 is 0. The minimum absolute atomic E-state index is 0.0465. The Morgan fingerprint density at radius 2 is 1.66 bits per heavy atom. The van der Waals surface area contributed by atoms with Crippen molar-refractivity contribution in [2.45, 2.75) is 76.8 Å². The van der Waals surface area contributed by atoms with Crippen LogP contribution >= 0.6 is 0 Å². The summed E-state index contributed by atoms with van der Waals surface area (Å²) in [4.78, 5) is 30.3. The van der Waals surface area contributed by atoms with Crippen LogP contribution in [0.25, 0.3) is 0 Å². The molecule has 1 aromatic carbocycles. The summed E-state index contributed by atoms with van der Waals surface area (Å²) in [7, 11) is 0. The maximum absolute atomic E-state index is 13.5. The number of likely N-dealkylation sites (tertiary alicyclic amines) is 1. The summed E-state index contributed by atoms with van der Waals surface area (Å²) in [5, 5.41) is 2.97. The van der Waals surface area contributed by atoms with Crippen molar-refractivity contribution < 1.29 is 9.59 Å². The van der Waals surface area contributed by atoms with E-state index >= 15 is 0 Å². The lowest BCUT2D eigenvalue weighted by atomic mass is 9.83. The molecule has 1 aliphatic heterocycles. The number of hydrogen-bond acceptors (Lipinski definition) is 2.